The molecule has 0 radical (unpaired) electrons. The summed E-state index contributed by atoms with van der Waals surface area (Å²) in [5.41, 5.74) is 1.03. The van der Waals surface area contributed by atoms with E-state index in [9.17, 15) is 30.3 Å². The van der Waals surface area contributed by atoms with Crippen molar-refractivity contribution < 1.29 is 44.5 Å². The van der Waals surface area contributed by atoms with Crippen molar-refractivity contribution in [2.24, 2.45) is 22.7 Å². The third kappa shape index (κ3) is 4.72. The van der Waals surface area contributed by atoms with Gasteiger partial charge in [-0.15, -0.1) is 0 Å². The maximum atomic E-state index is 11.9. The lowest BCUT2D eigenvalue weighted by Crippen LogP contribution is -2.61. The first kappa shape index (κ1) is 26.7. The number of aliphatic hydroxyl groups is 5. The van der Waals surface area contributed by atoms with E-state index in [1.807, 2.05) is 13.0 Å². The Morgan fingerprint density at radius 3 is 2.51 bits per heavy atom. The highest BCUT2D eigenvalue weighted by Gasteiger charge is 2.58. The lowest BCUT2D eigenvalue weighted by Gasteiger charge is -2.60. The average Bonchev–Trinajstić information content (AvgIpc) is 3.24. The van der Waals surface area contributed by atoms with E-state index >= 15 is 0 Å². The molecule has 198 valence electrons. The van der Waals surface area contributed by atoms with Crippen LogP contribution in [0, 0.1) is 22.7 Å². The van der Waals surface area contributed by atoms with Crippen LogP contribution in [0.2, 0.25) is 0 Å². The molecule has 4 fully saturated rings. The van der Waals surface area contributed by atoms with Gasteiger partial charge >= 0.3 is 5.97 Å². The summed E-state index contributed by atoms with van der Waals surface area (Å²) in [7, 11) is 0. The summed E-state index contributed by atoms with van der Waals surface area (Å²) in [6.07, 6.45) is -1.06. The minimum Gasteiger partial charge on any atom is -0.462 e. The number of hydrogen-bond donors (Lipinski definition) is 5. The van der Waals surface area contributed by atoms with Crippen molar-refractivity contribution in [1.82, 2.24) is 0 Å². The molecular formula is C26H40O9. The largest absolute Gasteiger partial charge is 0.462 e. The van der Waals surface area contributed by atoms with Crippen LogP contribution in [-0.2, 0) is 19.0 Å². The summed E-state index contributed by atoms with van der Waals surface area (Å²) < 4.78 is 16.6. The third-order valence-electron chi connectivity index (χ3n) is 9.23. The number of ether oxygens (including phenoxy) is 3. The number of rotatable bonds is 6. The zero-order chi connectivity index (χ0) is 25.5. The van der Waals surface area contributed by atoms with Gasteiger partial charge in [-0.3, -0.25) is 0 Å². The Balaban J connectivity index is 1.53. The molecule has 35 heavy (non-hydrogen) atoms. The van der Waals surface area contributed by atoms with Crippen LogP contribution >= 0.6 is 0 Å². The fourth-order valence-corrected chi connectivity index (χ4v) is 6.98. The van der Waals surface area contributed by atoms with Crippen molar-refractivity contribution in [3.8, 4) is 0 Å². The zero-order valence-electron chi connectivity index (χ0n) is 20.6. The van der Waals surface area contributed by atoms with Crippen LogP contribution in [0.1, 0.15) is 52.4 Å². The molecule has 0 aromatic carbocycles. The van der Waals surface area contributed by atoms with Gasteiger partial charge < -0.3 is 39.7 Å². The molecule has 5 N–H and O–H groups in total. The van der Waals surface area contributed by atoms with Gasteiger partial charge in [-0.1, -0.05) is 32.1 Å². The van der Waals surface area contributed by atoms with Crippen molar-refractivity contribution in [2.45, 2.75) is 89.2 Å². The van der Waals surface area contributed by atoms with E-state index in [-0.39, 0.29) is 29.8 Å². The number of carbonyl (C=O) groups excluding carboxylic acids is 1. The van der Waals surface area contributed by atoms with Crippen molar-refractivity contribution in [3.63, 3.8) is 0 Å². The fourth-order valence-electron chi connectivity index (χ4n) is 6.98. The third-order valence-corrected chi connectivity index (χ3v) is 9.23. The number of allylic oxidation sites excluding steroid dienone is 2. The highest BCUT2D eigenvalue weighted by Crippen LogP contribution is 2.62. The standard InChI is InChI=1S/C26H40O9/c1-14-4-7-18-25(2,16(14)6-5-15-9-11-33-23(15)32)10-8-19(28)26(18,3)13-34-24-22(31)21(30)20(29)17(12-27)35-24/h5,16-22,24,27-31H,1,4,6-13H2,2-3H3/b15-5+/t16-,17-,18+,19-,20-,21+,22-,24-,25+,26+/m1/s1. The molecule has 0 amide bonds. The molecule has 0 bridgehead atoms. The highest BCUT2D eigenvalue weighted by molar-refractivity contribution is 5.90. The first-order chi connectivity index (χ1) is 16.5. The summed E-state index contributed by atoms with van der Waals surface area (Å²) >= 11 is 0. The van der Waals surface area contributed by atoms with Gasteiger partial charge in [0.25, 0.3) is 0 Å². The normalized spacial score (nSPS) is 47.6. The van der Waals surface area contributed by atoms with Gasteiger partial charge in [0, 0.05) is 17.4 Å². The van der Waals surface area contributed by atoms with Gasteiger partial charge in [0.05, 0.1) is 25.9 Å². The van der Waals surface area contributed by atoms with Crippen LogP contribution in [0.5, 0.6) is 0 Å². The van der Waals surface area contributed by atoms with Crippen molar-refractivity contribution in [1.29, 1.82) is 0 Å². The van der Waals surface area contributed by atoms with Crippen LogP contribution in [0.4, 0.5) is 0 Å². The number of esters is 1. The molecule has 2 saturated heterocycles. The van der Waals surface area contributed by atoms with Gasteiger partial charge in [0.1, 0.15) is 24.4 Å². The van der Waals surface area contributed by atoms with Gasteiger partial charge in [-0.25, -0.2) is 4.79 Å². The van der Waals surface area contributed by atoms with Crippen LogP contribution < -0.4 is 0 Å². The maximum absolute atomic E-state index is 11.9. The predicted molar refractivity (Wildman–Crippen MR) is 125 cm³/mol. The number of aliphatic hydroxyl groups excluding tert-OH is 5. The van der Waals surface area contributed by atoms with E-state index < -0.39 is 48.8 Å². The Morgan fingerprint density at radius 2 is 1.86 bits per heavy atom. The average molecular weight is 497 g/mol. The monoisotopic (exact) mass is 496 g/mol. The molecule has 0 aromatic heterocycles. The van der Waals surface area contributed by atoms with E-state index in [1.54, 1.807) is 0 Å². The molecule has 9 heteroatoms. The molecule has 10 atom stereocenters. The molecule has 4 aliphatic rings. The smallest absolute Gasteiger partial charge is 0.333 e. The van der Waals surface area contributed by atoms with Crippen molar-refractivity contribution >= 4 is 5.97 Å². The Morgan fingerprint density at radius 1 is 1.11 bits per heavy atom. The summed E-state index contributed by atoms with van der Waals surface area (Å²) in [6.45, 7) is 8.55. The fraction of sp³-hybridized carbons (Fsp3) is 0.808. The van der Waals surface area contributed by atoms with Gasteiger partial charge in [0.2, 0.25) is 0 Å². The quantitative estimate of drug-likeness (QED) is 0.205. The van der Waals surface area contributed by atoms with Gasteiger partial charge in [-0.05, 0) is 49.4 Å². The topological polar surface area (TPSA) is 146 Å². The van der Waals surface area contributed by atoms with E-state index in [0.29, 0.717) is 31.4 Å². The highest BCUT2D eigenvalue weighted by atomic mass is 16.7. The second-order valence-electron chi connectivity index (χ2n) is 11.2. The molecule has 2 aliphatic carbocycles. The lowest BCUT2D eigenvalue weighted by molar-refractivity contribution is -0.313. The molecule has 0 unspecified atom stereocenters. The Labute approximate surface area is 206 Å². The zero-order valence-corrected chi connectivity index (χ0v) is 20.6. The van der Waals surface area contributed by atoms with Crippen molar-refractivity contribution in [2.75, 3.05) is 19.8 Å². The Hall–Kier alpha value is -1.33. The van der Waals surface area contributed by atoms with Gasteiger partial charge in [-0.2, -0.15) is 0 Å². The molecule has 9 nitrogen and oxygen atoms in total. The number of fused-ring (bicyclic) bond motifs is 1. The summed E-state index contributed by atoms with van der Waals surface area (Å²) in [5.74, 6) is -0.0285. The molecule has 2 heterocycles. The number of cyclic esters (lactones) is 1. The van der Waals surface area contributed by atoms with Crippen LogP contribution in [0.25, 0.3) is 0 Å². The van der Waals surface area contributed by atoms with E-state index in [2.05, 4.69) is 13.5 Å². The summed E-state index contributed by atoms with van der Waals surface area (Å²) in [4.78, 5) is 11.9. The molecule has 4 rings (SSSR count). The first-order valence-corrected chi connectivity index (χ1v) is 12.7. The predicted octanol–water partition coefficient (Wildman–Crippen LogP) is 0.816. The van der Waals surface area contributed by atoms with Crippen LogP contribution in [0.3, 0.4) is 0 Å². The maximum Gasteiger partial charge on any atom is 0.333 e. The molecule has 2 saturated carbocycles. The minimum atomic E-state index is -1.52. The molecule has 0 aromatic rings. The van der Waals surface area contributed by atoms with Crippen molar-refractivity contribution in [3.05, 3.63) is 23.8 Å². The second kappa shape index (κ2) is 10.2. The van der Waals surface area contributed by atoms with Crippen LogP contribution in [-0.4, -0.2) is 88.1 Å². The number of hydrogen-bond acceptors (Lipinski definition) is 9. The Bertz CT molecular complexity index is 841. The lowest BCUT2D eigenvalue weighted by atomic mass is 9.46. The van der Waals surface area contributed by atoms with E-state index in [4.69, 9.17) is 14.2 Å². The first-order valence-electron chi connectivity index (χ1n) is 12.7. The van der Waals surface area contributed by atoms with Crippen LogP contribution in [0.15, 0.2) is 23.8 Å². The second-order valence-corrected chi connectivity index (χ2v) is 11.2. The van der Waals surface area contributed by atoms with Gasteiger partial charge in [0.15, 0.2) is 6.29 Å². The molecule has 0 spiro atoms. The molecular weight excluding hydrogens is 456 g/mol. The summed E-state index contributed by atoms with van der Waals surface area (Å²) in [6, 6.07) is 0. The number of carbonyl (C=O) groups is 1. The van der Waals surface area contributed by atoms with E-state index in [0.717, 1.165) is 24.8 Å². The molecule has 2 aliphatic heterocycles. The summed E-state index contributed by atoms with van der Waals surface area (Å²) in [5, 5.41) is 51.2. The Kier molecular flexibility index (Phi) is 7.79. The minimum absolute atomic E-state index is 0.0731. The van der Waals surface area contributed by atoms with E-state index in [1.165, 1.54) is 0 Å². The SMILES string of the molecule is C=C1CC[C@@H]2[C@](C)(CO[C@@H]3O[C@H](CO)[C@@H](O)[C@H](O)[C@H]3O)[C@H](O)CC[C@@]2(C)[C@@H]1C/C=C1\CCOC1=O.